The standard InChI is InChI=1S/C9H13NOS/c1-6(2)8-5-12-9(10-8)4-7(3)11/h5-6H,4H2,1-3H3. The molecule has 1 aromatic heterocycles. The Kier molecular flexibility index (Phi) is 2.98. The minimum atomic E-state index is 0.180. The van der Waals surface area contributed by atoms with E-state index in [2.05, 4.69) is 18.8 Å². The molecule has 0 saturated heterocycles. The molecule has 0 aliphatic heterocycles. The third-order valence-corrected chi connectivity index (χ3v) is 2.43. The van der Waals surface area contributed by atoms with Crippen molar-refractivity contribution in [1.82, 2.24) is 4.98 Å². The van der Waals surface area contributed by atoms with Gasteiger partial charge in [0.2, 0.25) is 0 Å². The van der Waals surface area contributed by atoms with Gasteiger partial charge >= 0.3 is 0 Å². The molecule has 66 valence electrons. The number of Topliss-reactive ketones (excluding diaryl/α,β-unsaturated/α-hetero) is 1. The molecule has 0 aliphatic carbocycles. The van der Waals surface area contributed by atoms with Gasteiger partial charge in [-0.25, -0.2) is 4.98 Å². The molecule has 0 unspecified atom stereocenters. The van der Waals surface area contributed by atoms with E-state index in [1.165, 1.54) is 0 Å². The molecule has 3 heteroatoms. The lowest BCUT2D eigenvalue weighted by Crippen LogP contribution is -1.96. The third kappa shape index (κ3) is 2.41. The van der Waals surface area contributed by atoms with Gasteiger partial charge in [0.1, 0.15) is 10.8 Å². The molecule has 0 aliphatic rings. The van der Waals surface area contributed by atoms with Crippen LogP contribution in [0.2, 0.25) is 0 Å². The maximum absolute atomic E-state index is 10.8. The van der Waals surface area contributed by atoms with Gasteiger partial charge in [0.15, 0.2) is 0 Å². The summed E-state index contributed by atoms with van der Waals surface area (Å²) in [6, 6.07) is 0. The molecule has 0 spiro atoms. The first-order valence-electron chi connectivity index (χ1n) is 4.03. The average Bonchev–Trinajstić information content (AvgIpc) is 2.34. The van der Waals surface area contributed by atoms with E-state index in [9.17, 15) is 4.79 Å². The molecule has 12 heavy (non-hydrogen) atoms. The van der Waals surface area contributed by atoms with Crippen molar-refractivity contribution in [3.63, 3.8) is 0 Å². The predicted molar refractivity (Wildman–Crippen MR) is 50.6 cm³/mol. The van der Waals surface area contributed by atoms with Crippen molar-refractivity contribution in [2.75, 3.05) is 0 Å². The van der Waals surface area contributed by atoms with Crippen LogP contribution < -0.4 is 0 Å². The molecule has 1 rings (SSSR count). The molecule has 0 fully saturated rings. The van der Waals surface area contributed by atoms with E-state index in [0.29, 0.717) is 12.3 Å². The molecule has 1 heterocycles. The van der Waals surface area contributed by atoms with Gasteiger partial charge in [0.05, 0.1) is 12.1 Å². The average molecular weight is 183 g/mol. The van der Waals surface area contributed by atoms with E-state index in [-0.39, 0.29) is 5.78 Å². The number of nitrogens with zero attached hydrogens (tertiary/aromatic N) is 1. The van der Waals surface area contributed by atoms with Gasteiger partial charge < -0.3 is 0 Å². The zero-order valence-electron chi connectivity index (χ0n) is 7.63. The van der Waals surface area contributed by atoms with Crippen molar-refractivity contribution in [2.45, 2.75) is 33.1 Å². The van der Waals surface area contributed by atoms with E-state index in [1.54, 1.807) is 18.3 Å². The van der Waals surface area contributed by atoms with Crippen molar-refractivity contribution < 1.29 is 4.79 Å². The number of rotatable bonds is 3. The Hall–Kier alpha value is -0.700. The second kappa shape index (κ2) is 3.81. The Balaban J connectivity index is 2.70. The van der Waals surface area contributed by atoms with Crippen LogP contribution in [-0.4, -0.2) is 10.8 Å². The maximum Gasteiger partial charge on any atom is 0.136 e. The Morgan fingerprint density at radius 3 is 2.75 bits per heavy atom. The van der Waals surface area contributed by atoms with Gasteiger partial charge in [-0.15, -0.1) is 11.3 Å². The van der Waals surface area contributed by atoms with Crippen LogP contribution in [0.4, 0.5) is 0 Å². The number of hydrogen-bond donors (Lipinski definition) is 0. The number of ketones is 1. The lowest BCUT2D eigenvalue weighted by atomic mass is 10.2. The molecule has 0 aromatic carbocycles. The van der Waals surface area contributed by atoms with Gasteiger partial charge in [-0.3, -0.25) is 4.79 Å². The van der Waals surface area contributed by atoms with Gasteiger partial charge in [0.25, 0.3) is 0 Å². The van der Waals surface area contributed by atoms with Crippen LogP contribution in [0.1, 0.15) is 37.4 Å². The van der Waals surface area contributed by atoms with Crippen LogP contribution in [0.5, 0.6) is 0 Å². The third-order valence-electron chi connectivity index (χ3n) is 1.56. The van der Waals surface area contributed by atoms with Crippen molar-refractivity contribution in [3.05, 3.63) is 16.1 Å². The van der Waals surface area contributed by atoms with Crippen LogP contribution in [-0.2, 0) is 11.2 Å². The summed E-state index contributed by atoms with van der Waals surface area (Å²) in [6.07, 6.45) is 0.484. The van der Waals surface area contributed by atoms with E-state index >= 15 is 0 Å². The van der Waals surface area contributed by atoms with E-state index in [4.69, 9.17) is 0 Å². The van der Waals surface area contributed by atoms with Crippen LogP contribution in [0.15, 0.2) is 5.38 Å². The predicted octanol–water partition coefficient (Wildman–Crippen LogP) is 2.40. The first-order valence-corrected chi connectivity index (χ1v) is 4.91. The number of carbonyl (C=O) groups excluding carboxylic acids is 1. The second-order valence-electron chi connectivity index (χ2n) is 3.20. The normalized spacial score (nSPS) is 10.7. The summed E-state index contributed by atoms with van der Waals surface area (Å²) in [5.41, 5.74) is 1.09. The number of hydrogen-bond acceptors (Lipinski definition) is 3. The fourth-order valence-electron chi connectivity index (χ4n) is 0.884. The van der Waals surface area contributed by atoms with Gasteiger partial charge in [-0.1, -0.05) is 13.8 Å². The molecule has 0 bridgehead atoms. The highest BCUT2D eigenvalue weighted by atomic mass is 32.1. The van der Waals surface area contributed by atoms with Gasteiger partial charge in [0, 0.05) is 5.38 Å². The Morgan fingerprint density at radius 1 is 1.67 bits per heavy atom. The van der Waals surface area contributed by atoms with E-state index in [0.717, 1.165) is 10.7 Å². The molecule has 0 saturated carbocycles. The number of thiazole rings is 1. The molecule has 2 nitrogen and oxygen atoms in total. The zero-order chi connectivity index (χ0) is 9.14. The SMILES string of the molecule is CC(=O)Cc1nc(C(C)C)cs1. The molecule has 0 amide bonds. The monoisotopic (exact) mass is 183 g/mol. The molecule has 0 atom stereocenters. The lowest BCUT2D eigenvalue weighted by molar-refractivity contribution is -0.116. The highest BCUT2D eigenvalue weighted by molar-refractivity contribution is 7.09. The largest absolute Gasteiger partial charge is 0.300 e. The Bertz CT molecular complexity index is 278. The minimum Gasteiger partial charge on any atom is -0.300 e. The summed E-state index contributed by atoms with van der Waals surface area (Å²) in [6.45, 7) is 5.80. The summed E-state index contributed by atoms with van der Waals surface area (Å²) >= 11 is 1.57. The van der Waals surface area contributed by atoms with Crippen LogP contribution in [0, 0.1) is 0 Å². The number of carbonyl (C=O) groups is 1. The summed E-state index contributed by atoms with van der Waals surface area (Å²) in [5.74, 6) is 0.640. The van der Waals surface area contributed by atoms with Crippen molar-refractivity contribution in [3.8, 4) is 0 Å². The topological polar surface area (TPSA) is 30.0 Å². The first-order chi connectivity index (χ1) is 5.59. The second-order valence-corrected chi connectivity index (χ2v) is 4.14. The Morgan fingerprint density at radius 2 is 2.33 bits per heavy atom. The zero-order valence-corrected chi connectivity index (χ0v) is 8.44. The van der Waals surface area contributed by atoms with Crippen molar-refractivity contribution in [2.24, 2.45) is 0 Å². The fourth-order valence-corrected chi connectivity index (χ4v) is 1.91. The van der Waals surface area contributed by atoms with E-state index < -0.39 is 0 Å². The lowest BCUT2D eigenvalue weighted by Gasteiger charge is -1.96. The molecule has 1 aromatic rings. The fraction of sp³-hybridized carbons (Fsp3) is 0.556. The highest BCUT2D eigenvalue weighted by Gasteiger charge is 2.06. The van der Waals surface area contributed by atoms with Gasteiger partial charge in [-0.05, 0) is 12.8 Å². The van der Waals surface area contributed by atoms with Crippen LogP contribution >= 0.6 is 11.3 Å². The van der Waals surface area contributed by atoms with Crippen molar-refractivity contribution >= 4 is 17.1 Å². The Labute approximate surface area is 76.6 Å². The van der Waals surface area contributed by atoms with E-state index in [1.807, 2.05) is 5.38 Å². The first kappa shape index (κ1) is 9.39. The highest BCUT2D eigenvalue weighted by Crippen LogP contribution is 2.17. The van der Waals surface area contributed by atoms with Gasteiger partial charge in [-0.2, -0.15) is 0 Å². The van der Waals surface area contributed by atoms with Crippen molar-refractivity contribution in [1.29, 1.82) is 0 Å². The molecular formula is C9H13NOS. The molecule has 0 N–H and O–H groups in total. The van der Waals surface area contributed by atoms with Crippen LogP contribution in [0.3, 0.4) is 0 Å². The maximum atomic E-state index is 10.8. The number of aromatic nitrogens is 1. The van der Waals surface area contributed by atoms with Crippen LogP contribution in [0.25, 0.3) is 0 Å². The summed E-state index contributed by atoms with van der Waals surface area (Å²) in [7, 11) is 0. The summed E-state index contributed by atoms with van der Waals surface area (Å²) < 4.78 is 0. The molecule has 0 radical (unpaired) electrons. The quantitative estimate of drug-likeness (QED) is 0.720. The summed E-state index contributed by atoms with van der Waals surface area (Å²) in [4.78, 5) is 15.1. The minimum absolute atomic E-state index is 0.180. The summed E-state index contributed by atoms with van der Waals surface area (Å²) in [5, 5.41) is 2.97. The molecular weight excluding hydrogens is 170 g/mol. The smallest absolute Gasteiger partial charge is 0.136 e.